The third kappa shape index (κ3) is 4.17. The average Bonchev–Trinajstić information content (AvgIpc) is 2.95. The van der Waals surface area contributed by atoms with Gasteiger partial charge in [0, 0.05) is 36.2 Å². The number of nitrogens with zero attached hydrogens (tertiary/aromatic N) is 2. The van der Waals surface area contributed by atoms with Crippen molar-refractivity contribution < 1.29 is 9.53 Å². The third-order valence-corrected chi connectivity index (χ3v) is 6.17. The molecule has 0 saturated carbocycles. The number of carbonyl (C=O) groups excluding carboxylic acids is 1. The summed E-state index contributed by atoms with van der Waals surface area (Å²) < 4.78 is 5.95. The van der Waals surface area contributed by atoms with Gasteiger partial charge < -0.3 is 9.64 Å². The first-order chi connectivity index (χ1) is 12.4. The lowest BCUT2D eigenvalue weighted by Crippen LogP contribution is -2.54. The Bertz CT molecular complexity index is 641. The Morgan fingerprint density at radius 1 is 1.23 bits per heavy atom. The molecule has 0 bridgehead atoms. The number of carbonyl (C=O) groups is 1. The molecule has 1 amide bonds. The molecule has 2 saturated heterocycles. The minimum absolute atomic E-state index is 0.0866. The van der Waals surface area contributed by atoms with E-state index in [1.165, 1.54) is 19.3 Å². The summed E-state index contributed by atoms with van der Waals surface area (Å²) in [5.41, 5.74) is 0.952. The van der Waals surface area contributed by atoms with E-state index < -0.39 is 6.10 Å². The zero-order valence-electron chi connectivity index (χ0n) is 16.4. The summed E-state index contributed by atoms with van der Waals surface area (Å²) in [5.74, 6) is 0.814. The van der Waals surface area contributed by atoms with Crippen molar-refractivity contribution in [1.82, 2.24) is 9.80 Å². The molecule has 0 radical (unpaired) electrons. The molecule has 144 valence electrons. The molecule has 2 aliphatic rings. The molecule has 0 aliphatic carbocycles. The number of ether oxygens (including phenoxy) is 1. The predicted molar refractivity (Wildman–Crippen MR) is 106 cm³/mol. The molecule has 2 heterocycles. The van der Waals surface area contributed by atoms with Gasteiger partial charge in [0.05, 0.1) is 0 Å². The maximum absolute atomic E-state index is 13.0. The van der Waals surface area contributed by atoms with Gasteiger partial charge >= 0.3 is 0 Å². The van der Waals surface area contributed by atoms with Crippen molar-refractivity contribution >= 4 is 17.5 Å². The van der Waals surface area contributed by atoms with E-state index in [0.717, 1.165) is 30.8 Å². The SMILES string of the molecule is Cc1cc(Cl)ccc1O[C@H](C)C(=O)N1CCC[C@@H](N2[C@H](C)CC[C@@H]2C)C1. The summed E-state index contributed by atoms with van der Waals surface area (Å²) in [6, 6.07) is 7.22. The van der Waals surface area contributed by atoms with E-state index in [2.05, 4.69) is 18.7 Å². The van der Waals surface area contributed by atoms with Gasteiger partial charge in [-0.05, 0) is 77.1 Å². The highest BCUT2D eigenvalue weighted by Gasteiger charge is 2.37. The number of halogens is 1. The molecule has 4 atom stereocenters. The fourth-order valence-electron chi connectivity index (χ4n) is 4.58. The maximum atomic E-state index is 13.0. The number of likely N-dealkylation sites (tertiary alicyclic amines) is 2. The fraction of sp³-hybridized carbons (Fsp3) is 0.667. The van der Waals surface area contributed by atoms with E-state index in [9.17, 15) is 4.79 Å². The van der Waals surface area contributed by atoms with Crippen molar-refractivity contribution in [1.29, 1.82) is 0 Å². The Labute approximate surface area is 162 Å². The van der Waals surface area contributed by atoms with Crippen molar-refractivity contribution in [3.05, 3.63) is 28.8 Å². The Kier molecular flexibility index (Phi) is 6.13. The van der Waals surface area contributed by atoms with Crippen molar-refractivity contribution in [3.8, 4) is 5.75 Å². The van der Waals surface area contributed by atoms with Crippen LogP contribution in [0.3, 0.4) is 0 Å². The highest BCUT2D eigenvalue weighted by molar-refractivity contribution is 6.30. The molecule has 26 heavy (non-hydrogen) atoms. The molecule has 0 N–H and O–H groups in total. The topological polar surface area (TPSA) is 32.8 Å². The second-order valence-electron chi connectivity index (χ2n) is 7.97. The summed E-state index contributed by atoms with van der Waals surface area (Å²) in [4.78, 5) is 17.6. The summed E-state index contributed by atoms with van der Waals surface area (Å²) in [5, 5.41) is 0.682. The van der Waals surface area contributed by atoms with Gasteiger partial charge in [-0.3, -0.25) is 9.69 Å². The van der Waals surface area contributed by atoms with Gasteiger partial charge in [-0.2, -0.15) is 0 Å². The molecule has 0 unspecified atom stereocenters. The smallest absolute Gasteiger partial charge is 0.263 e. The highest BCUT2D eigenvalue weighted by Crippen LogP contribution is 2.30. The molecular weight excluding hydrogens is 348 g/mol. The largest absolute Gasteiger partial charge is 0.481 e. The molecule has 2 fully saturated rings. The first kappa shape index (κ1) is 19.5. The number of hydrogen-bond donors (Lipinski definition) is 0. The lowest BCUT2D eigenvalue weighted by molar-refractivity contribution is -0.140. The number of rotatable bonds is 4. The van der Waals surface area contributed by atoms with Crippen LogP contribution in [-0.4, -0.2) is 53.0 Å². The predicted octanol–water partition coefficient (Wildman–Crippen LogP) is 4.28. The van der Waals surface area contributed by atoms with Gasteiger partial charge in [0.1, 0.15) is 5.75 Å². The van der Waals surface area contributed by atoms with Crippen LogP contribution in [0.15, 0.2) is 18.2 Å². The zero-order valence-corrected chi connectivity index (χ0v) is 17.1. The van der Waals surface area contributed by atoms with Crippen molar-refractivity contribution in [2.45, 2.75) is 77.6 Å². The van der Waals surface area contributed by atoms with Crippen LogP contribution in [0.25, 0.3) is 0 Å². The van der Waals surface area contributed by atoms with E-state index in [1.54, 1.807) is 6.07 Å². The molecular formula is C21H31ClN2O2. The van der Waals surface area contributed by atoms with E-state index in [1.807, 2.05) is 30.9 Å². The van der Waals surface area contributed by atoms with Crippen molar-refractivity contribution in [3.63, 3.8) is 0 Å². The summed E-state index contributed by atoms with van der Waals surface area (Å²) in [6.07, 6.45) is 4.30. The van der Waals surface area contributed by atoms with Crippen LogP contribution in [0.2, 0.25) is 5.02 Å². The summed E-state index contributed by atoms with van der Waals surface area (Å²) in [7, 11) is 0. The van der Waals surface area contributed by atoms with Gasteiger partial charge in [0.15, 0.2) is 6.10 Å². The number of hydrogen-bond acceptors (Lipinski definition) is 3. The number of amides is 1. The third-order valence-electron chi connectivity index (χ3n) is 5.94. The number of piperidine rings is 1. The van der Waals surface area contributed by atoms with Crippen LogP contribution in [0.4, 0.5) is 0 Å². The Balaban J connectivity index is 1.63. The van der Waals surface area contributed by atoms with Crippen LogP contribution in [-0.2, 0) is 4.79 Å². The maximum Gasteiger partial charge on any atom is 0.263 e. The van der Waals surface area contributed by atoms with Gasteiger partial charge in [-0.15, -0.1) is 0 Å². The fourth-order valence-corrected chi connectivity index (χ4v) is 4.80. The first-order valence-electron chi connectivity index (χ1n) is 9.86. The van der Waals surface area contributed by atoms with Crippen LogP contribution in [0.1, 0.15) is 52.0 Å². The standard InChI is InChI=1S/C21H31ClN2O2/c1-14-12-18(22)9-10-20(14)26-17(4)21(25)23-11-5-6-19(13-23)24-15(2)7-8-16(24)3/h9-10,12,15-17,19H,5-8,11,13H2,1-4H3/t15-,16+,17-,19-/m1/s1. The molecule has 1 aromatic carbocycles. The minimum atomic E-state index is -0.484. The molecule has 1 aromatic rings. The molecule has 5 heteroatoms. The quantitative estimate of drug-likeness (QED) is 0.783. The van der Waals surface area contributed by atoms with Gasteiger partial charge in [-0.25, -0.2) is 0 Å². The molecule has 3 rings (SSSR count). The van der Waals surface area contributed by atoms with Crippen molar-refractivity contribution in [2.75, 3.05) is 13.1 Å². The van der Waals surface area contributed by atoms with Crippen LogP contribution in [0, 0.1) is 6.92 Å². The summed E-state index contributed by atoms with van der Waals surface area (Å²) >= 11 is 6.00. The average molecular weight is 379 g/mol. The molecule has 0 spiro atoms. The lowest BCUT2D eigenvalue weighted by Gasteiger charge is -2.42. The van der Waals surface area contributed by atoms with Gasteiger partial charge in [0.25, 0.3) is 5.91 Å². The van der Waals surface area contributed by atoms with E-state index >= 15 is 0 Å². The van der Waals surface area contributed by atoms with Gasteiger partial charge in [-0.1, -0.05) is 11.6 Å². The monoisotopic (exact) mass is 378 g/mol. The molecule has 0 aromatic heterocycles. The van der Waals surface area contributed by atoms with Crippen LogP contribution in [0.5, 0.6) is 5.75 Å². The molecule has 4 nitrogen and oxygen atoms in total. The second kappa shape index (κ2) is 8.18. The van der Waals surface area contributed by atoms with Crippen molar-refractivity contribution in [2.24, 2.45) is 0 Å². The minimum Gasteiger partial charge on any atom is -0.481 e. The zero-order chi connectivity index (χ0) is 18.8. The summed E-state index contributed by atoms with van der Waals surface area (Å²) in [6.45, 7) is 10.1. The lowest BCUT2D eigenvalue weighted by atomic mass is 10.0. The van der Waals surface area contributed by atoms with Gasteiger partial charge in [0.2, 0.25) is 0 Å². The van der Waals surface area contributed by atoms with E-state index in [-0.39, 0.29) is 5.91 Å². The Morgan fingerprint density at radius 3 is 2.58 bits per heavy atom. The van der Waals surface area contributed by atoms with Crippen LogP contribution >= 0.6 is 11.6 Å². The van der Waals surface area contributed by atoms with Crippen LogP contribution < -0.4 is 4.74 Å². The second-order valence-corrected chi connectivity index (χ2v) is 8.41. The van der Waals surface area contributed by atoms with E-state index in [4.69, 9.17) is 16.3 Å². The number of benzene rings is 1. The first-order valence-corrected chi connectivity index (χ1v) is 10.2. The van der Waals surface area contributed by atoms with E-state index in [0.29, 0.717) is 23.1 Å². The highest BCUT2D eigenvalue weighted by atomic mass is 35.5. The normalized spacial score (nSPS) is 28.2. The Morgan fingerprint density at radius 2 is 1.92 bits per heavy atom. The Hall–Kier alpha value is -1.26. The molecule has 2 aliphatic heterocycles. The number of aryl methyl sites for hydroxylation is 1.